The first-order chi connectivity index (χ1) is 7.16. The summed E-state index contributed by atoms with van der Waals surface area (Å²) >= 11 is 8.12. The molecule has 0 saturated carbocycles. The minimum atomic E-state index is -0.256. The van der Waals surface area contributed by atoms with Gasteiger partial charge in [-0.15, -0.1) is 0 Å². The zero-order chi connectivity index (χ0) is 10.8. The molecule has 0 spiro atoms. The average molecular weight is 334 g/mol. The van der Waals surface area contributed by atoms with Crippen LogP contribution in [0.4, 0.5) is 4.39 Å². The van der Waals surface area contributed by atoms with Gasteiger partial charge in [0.15, 0.2) is 0 Å². The molecule has 1 heterocycles. The fourth-order valence-corrected chi connectivity index (χ4v) is 1.92. The normalized spacial score (nSPS) is 10.3. The first-order valence-electron chi connectivity index (χ1n) is 4.24. The Morgan fingerprint density at radius 3 is 2.53 bits per heavy atom. The highest BCUT2D eigenvalue weighted by molar-refractivity contribution is 14.1. The van der Waals surface area contributed by atoms with Crippen molar-refractivity contribution in [2.45, 2.75) is 0 Å². The van der Waals surface area contributed by atoms with Crippen molar-refractivity contribution in [3.05, 3.63) is 51.1 Å². The van der Waals surface area contributed by atoms with E-state index in [-0.39, 0.29) is 5.82 Å². The molecule has 0 aliphatic heterocycles. The molecular formula is C11H6ClFIN. The van der Waals surface area contributed by atoms with E-state index in [0.717, 1.165) is 14.7 Å². The van der Waals surface area contributed by atoms with Crippen LogP contribution in [0.3, 0.4) is 0 Å². The Morgan fingerprint density at radius 1 is 1.20 bits per heavy atom. The van der Waals surface area contributed by atoms with Crippen LogP contribution in [0.2, 0.25) is 5.15 Å². The first-order valence-corrected chi connectivity index (χ1v) is 5.69. The van der Waals surface area contributed by atoms with Crippen molar-refractivity contribution in [3.63, 3.8) is 0 Å². The lowest BCUT2D eigenvalue weighted by molar-refractivity contribution is 0.628. The smallest absolute Gasteiger partial charge is 0.136 e. The summed E-state index contributed by atoms with van der Waals surface area (Å²) in [6.45, 7) is 0. The van der Waals surface area contributed by atoms with E-state index in [9.17, 15) is 4.39 Å². The third kappa shape index (κ3) is 2.46. The van der Waals surface area contributed by atoms with E-state index in [1.165, 1.54) is 12.1 Å². The molecule has 0 aliphatic carbocycles. The lowest BCUT2D eigenvalue weighted by atomic mass is 10.1. The SMILES string of the molecule is Fc1ccc(-c2cc(I)cnc2Cl)cc1. The molecule has 0 N–H and O–H groups in total. The van der Waals surface area contributed by atoms with E-state index in [0.29, 0.717) is 5.15 Å². The molecule has 0 bridgehead atoms. The lowest BCUT2D eigenvalue weighted by Crippen LogP contribution is -1.85. The van der Waals surface area contributed by atoms with E-state index in [1.54, 1.807) is 18.3 Å². The van der Waals surface area contributed by atoms with Gasteiger partial charge in [-0.25, -0.2) is 9.37 Å². The molecule has 1 aromatic heterocycles. The summed E-state index contributed by atoms with van der Waals surface area (Å²) < 4.78 is 13.7. The summed E-state index contributed by atoms with van der Waals surface area (Å²) in [7, 11) is 0. The number of nitrogens with zero attached hydrogens (tertiary/aromatic N) is 1. The summed E-state index contributed by atoms with van der Waals surface area (Å²) in [5, 5.41) is 0.432. The second kappa shape index (κ2) is 4.45. The third-order valence-corrected chi connectivity index (χ3v) is 2.85. The fourth-order valence-electron chi connectivity index (χ4n) is 1.25. The predicted octanol–water partition coefficient (Wildman–Crippen LogP) is 4.15. The van der Waals surface area contributed by atoms with Crippen molar-refractivity contribution in [1.82, 2.24) is 4.98 Å². The lowest BCUT2D eigenvalue weighted by Gasteiger charge is -2.04. The van der Waals surface area contributed by atoms with Gasteiger partial charge in [-0.05, 0) is 46.4 Å². The van der Waals surface area contributed by atoms with Crippen LogP contribution in [0.1, 0.15) is 0 Å². The number of halogens is 3. The Hall–Kier alpha value is -0.680. The minimum absolute atomic E-state index is 0.256. The summed E-state index contributed by atoms with van der Waals surface area (Å²) in [5.41, 5.74) is 1.69. The second-order valence-corrected chi connectivity index (χ2v) is 4.60. The highest BCUT2D eigenvalue weighted by Crippen LogP contribution is 2.27. The van der Waals surface area contributed by atoms with Crippen LogP contribution >= 0.6 is 34.2 Å². The van der Waals surface area contributed by atoms with Gasteiger partial charge in [-0.3, -0.25) is 0 Å². The number of hydrogen-bond acceptors (Lipinski definition) is 1. The summed E-state index contributed by atoms with van der Waals surface area (Å²) in [5.74, 6) is -0.256. The van der Waals surface area contributed by atoms with Crippen LogP contribution in [-0.4, -0.2) is 4.98 Å². The van der Waals surface area contributed by atoms with Crippen molar-refractivity contribution >= 4 is 34.2 Å². The fraction of sp³-hybridized carbons (Fsp3) is 0. The number of hydrogen-bond donors (Lipinski definition) is 0. The van der Waals surface area contributed by atoms with Crippen LogP contribution in [0.15, 0.2) is 36.5 Å². The van der Waals surface area contributed by atoms with Crippen molar-refractivity contribution in [2.75, 3.05) is 0 Å². The van der Waals surface area contributed by atoms with E-state index < -0.39 is 0 Å². The van der Waals surface area contributed by atoms with Gasteiger partial charge in [0.2, 0.25) is 0 Å². The van der Waals surface area contributed by atoms with Gasteiger partial charge in [0, 0.05) is 15.3 Å². The molecule has 0 amide bonds. The molecule has 4 heteroatoms. The van der Waals surface area contributed by atoms with Gasteiger partial charge < -0.3 is 0 Å². The van der Waals surface area contributed by atoms with E-state index >= 15 is 0 Å². The quantitative estimate of drug-likeness (QED) is 0.564. The topological polar surface area (TPSA) is 12.9 Å². The van der Waals surface area contributed by atoms with Crippen LogP contribution < -0.4 is 0 Å². The number of pyridine rings is 1. The summed E-state index contributed by atoms with van der Waals surface area (Å²) in [6.07, 6.45) is 1.69. The maximum atomic E-state index is 12.7. The Kier molecular flexibility index (Phi) is 3.21. The summed E-state index contributed by atoms with van der Waals surface area (Å²) in [4.78, 5) is 4.04. The molecule has 76 valence electrons. The average Bonchev–Trinajstić information content (AvgIpc) is 2.23. The molecule has 0 radical (unpaired) electrons. The minimum Gasteiger partial charge on any atom is -0.243 e. The Labute approximate surface area is 105 Å². The van der Waals surface area contributed by atoms with Crippen LogP contribution in [0.5, 0.6) is 0 Å². The molecule has 0 unspecified atom stereocenters. The van der Waals surface area contributed by atoms with Gasteiger partial charge in [-0.1, -0.05) is 23.7 Å². The molecular weight excluding hydrogens is 327 g/mol. The largest absolute Gasteiger partial charge is 0.243 e. The highest BCUT2D eigenvalue weighted by Gasteiger charge is 2.05. The van der Waals surface area contributed by atoms with Crippen molar-refractivity contribution in [3.8, 4) is 11.1 Å². The highest BCUT2D eigenvalue weighted by atomic mass is 127. The number of aromatic nitrogens is 1. The van der Waals surface area contributed by atoms with E-state index in [2.05, 4.69) is 27.6 Å². The molecule has 0 aliphatic rings. The molecule has 0 atom stereocenters. The zero-order valence-electron chi connectivity index (χ0n) is 7.55. The zero-order valence-corrected chi connectivity index (χ0v) is 10.5. The molecule has 0 saturated heterocycles. The molecule has 2 aromatic rings. The predicted molar refractivity (Wildman–Crippen MR) is 67.4 cm³/mol. The van der Waals surface area contributed by atoms with Gasteiger partial charge in [0.05, 0.1) is 0 Å². The van der Waals surface area contributed by atoms with E-state index in [4.69, 9.17) is 11.6 Å². The molecule has 1 nitrogen and oxygen atoms in total. The Balaban J connectivity index is 2.53. The van der Waals surface area contributed by atoms with Crippen molar-refractivity contribution in [2.24, 2.45) is 0 Å². The third-order valence-electron chi connectivity index (χ3n) is 1.96. The Morgan fingerprint density at radius 2 is 1.87 bits per heavy atom. The first kappa shape index (κ1) is 10.8. The molecule has 15 heavy (non-hydrogen) atoms. The van der Waals surface area contributed by atoms with Gasteiger partial charge in [0.25, 0.3) is 0 Å². The van der Waals surface area contributed by atoms with Crippen molar-refractivity contribution in [1.29, 1.82) is 0 Å². The van der Waals surface area contributed by atoms with Gasteiger partial charge in [-0.2, -0.15) is 0 Å². The maximum Gasteiger partial charge on any atom is 0.136 e. The van der Waals surface area contributed by atoms with Crippen LogP contribution in [0, 0.1) is 9.39 Å². The summed E-state index contributed by atoms with van der Waals surface area (Å²) in [6, 6.07) is 8.11. The van der Waals surface area contributed by atoms with Crippen molar-refractivity contribution < 1.29 is 4.39 Å². The maximum absolute atomic E-state index is 12.7. The van der Waals surface area contributed by atoms with Gasteiger partial charge in [0.1, 0.15) is 11.0 Å². The van der Waals surface area contributed by atoms with Crippen LogP contribution in [0.25, 0.3) is 11.1 Å². The number of benzene rings is 1. The van der Waals surface area contributed by atoms with Crippen LogP contribution in [-0.2, 0) is 0 Å². The Bertz CT molecular complexity index is 484. The molecule has 1 aromatic carbocycles. The number of rotatable bonds is 1. The molecule has 2 rings (SSSR count). The van der Waals surface area contributed by atoms with E-state index in [1.807, 2.05) is 6.07 Å². The standard InChI is InChI=1S/C11H6ClFIN/c12-11-10(5-9(14)6-15-11)7-1-3-8(13)4-2-7/h1-6H. The molecule has 0 fully saturated rings. The van der Waals surface area contributed by atoms with Gasteiger partial charge >= 0.3 is 0 Å². The monoisotopic (exact) mass is 333 g/mol. The second-order valence-electron chi connectivity index (χ2n) is 3.00.